The van der Waals surface area contributed by atoms with E-state index in [-0.39, 0.29) is 29.9 Å². The second kappa shape index (κ2) is 8.06. The van der Waals surface area contributed by atoms with Crippen LogP contribution in [0.3, 0.4) is 0 Å². The van der Waals surface area contributed by atoms with Crippen molar-refractivity contribution in [3.63, 3.8) is 0 Å². The van der Waals surface area contributed by atoms with Crippen LogP contribution in [0, 0.1) is 0 Å². The van der Waals surface area contributed by atoms with Crippen molar-refractivity contribution in [3.05, 3.63) is 53.1 Å². The van der Waals surface area contributed by atoms with Gasteiger partial charge in [-0.25, -0.2) is 0 Å². The molecule has 0 atom stereocenters. The van der Waals surface area contributed by atoms with Gasteiger partial charge in [0.25, 0.3) is 0 Å². The molecule has 2 rings (SSSR count). The standard InChI is InChI=1S/C19H18O7/c1-26-16-10-11(2-6-13(16)20)3-7-14(21)18-12(5-9-17(23)24)4-8-15(22)19(18)25/h2-4,6-8,10,20,22,25H,5,9H2,1H3,(H,23,24)/b7-3+. The van der Waals surface area contributed by atoms with Crippen LogP contribution in [-0.4, -0.2) is 39.3 Å². The predicted molar refractivity (Wildman–Crippen MR) is 93.8 cm³/mol. The van der Waals surface area contributed by atoms with Gasteiger partial charge < -0.3 is 25.2 Å². The fraction of sp³-hybridized carbons (Fsp3) is 0.158. The van der Waals surface area contributed by atoms with Crippen LogP contribution in [-0.2, 0) is 11.2 Å². The van der Waals surface area contributed by atoms with Gasteiger partial charge in [0, 0.05) is 6.42 Å². The number of carbonyl (C=O) groups excluding carboxylic acids is 1. The van der Waals surface area contributed by atoms with E-state index in [0.29, 0.717) is 11.1 Å². The van der Waals surface area contributed by atoms with Crippen molar-refractivity contribution < 1.29 is 34.8 Å². The van der Waals surface area contributed by atoms with Gasteiger partial charge in [-0.15, -0.1) is 0 Å². The quantitative estimate of drug-likeness (QED) is 0.341. The SMILES string of the molecule is COc1cc(/C=C/C(=O)c2c(CCC(=O)O)ccc(O)c2O)ccc1O. The zero-order chi connectivity index (χ0) is 19.3. The van der Waals surface area contributed by atoms with Crippen molar-refractivity contribution in [2.75, 3.05) is 7.11 Å². The highest BCUT2D eigenvalue weighted by Gasteiger charge is 2.18. The molecule has 0 radical (unpaired) electrons. The molecule has 0 aliphatic carbocycles. The summed E-state index contributed by atoms with van der Waals surface area (Å²) >= 11 is 0. The van der Waals surface area contributed by atoms with Gasteiger partial charge in [0.15, 0.2) is 28.8 Å². The first-order valence-corrected chi connectivity index (χ1v) is 7.68. The molecular weight excluding hydrogens is 340 g/mol. The van der Waals surface area contributed by atoms with Crippen LogP contribution in [0.2, 0.25) is 0 Å². The van der Waals surface area contributed by atoms with Gasteiger partial charge in [0.2, 0.25) is 0 Å². The van der Waals surface area contributed by atoms with Crippen LogP contribution in [0.4, 0.5) is 0 Å². The molecule has 2 aromatic rings. The lowest BCUT2D eigenvalue weighted by Crippen LogP contribution is -2.05. The summed E-state index contributed by atoms with van der Waals surface area (Å²) in [5.41, 5.74) is 0.744. The zero-order valence-corrected chi connectivity index (χ0v) is 14.0. The second-order valence-corrected chi connectivity index (χ2v) is 5.49. The molecule has 7 nitrogen and oxygen atoms in total. The minimum absolute atomic E-state index is 0.0329. The number of methoxy groups -OCH3 is 1. The van der Waals surface area contributed by atoms with Crippen molar-refractivity contribution in [1.29, 1.82) is 0 Å². The molecule has 2 aromatic carbocycles. The normalized spacial score (nSPS) is 10.8. The molecule has 0 bridgehead atoms. The van der Waals surface area contributed by atoms with E-state index in [1.165, 1.54) is 43.5 Å². The number of allylic oxidation sites excluding steroid dienone is 1. The summed E-state index contributed by atoms with van der Waals surface area (Å²) in [6, 6.07) is 7.11. The van der Waals surface area contributed by atoms with Crippen molar-refractivity contribution in [2.24, 2.45) is 0 Å². The van der Waals surface area contributed by atoms with E-state index < -0.39 is 23.3 Å². The molecule has 4 N–H and O–H groups in total. The van der Waals surface area contributed by atoms with E-state index in [9.17, 15) is 24.9 Å². The van der Waals surface area contributed by atoms with Crippen molar-refractivity contribution >= 4 is 17.8 Å². The number of rotatable bonds is 7. The fourth-order valence-corrected chi connectivity index (χ4v) is 2.40. The van der Waals surface area contributed by atoms with Gasteiger partial charge in [-0.1, -0.05) is 18.2 Å². The number of carbonyl (C=O) groups is 2. The van der Waals surface area contributed by atoms with Crippen molar-refractivity contribution in [1.82, 2.24) is 0 Å². The molecule has 7 heteroatoms. The number of aliphatic carboxylic acids is 1. The minimum Gasteiger partial charge on any atom is -0.504 e. The van der Waals surface area contributed by atoms with Crippen LogP contribution in [0.15, 0.2) is 36.4 Å². The van der Waals surface area contributed by atoms with E-state index in [4.69, 9.17) is 9.84 Å². The highest BCUT2D eigenvalue weighted by Crippen LogP contribution is 2.33. The lowest BCUT2D eigenvalue weighted by Gasteiger charge is -2.10. The Morgan fingerprint density at radius 1 is 1.08 bits per heavy atom. The van der Waals surface area contributed by atoms with Gasteiger partial charge in [0.05, 0.1) is 12.7 Å². The number of phenols is 3. The number of benzene rings is 2. The molecule has 136 valence electrons. The molecule has 26 heavy (non-hydrogen) atoms. The molecule has 0 fully saturated rings. The van der Waals surface area contributed by atoms with Gasteiger partial charge in [0.1, 0.15) is 0 Å². The Morgan fingerprint density at radius 2 is 1.77 bits per heavy atom. The lowest BCUT2D eigenvalue weighted by molar-refractivity contribution is -0.136. The molecule has 0 heterocycles. The summed E-state index contributed by atoms with van der Waals surface area (Å²) in [7, 11) is 1.40. The Bertz CT molecular complexity index is 868. The third-order valence-corrected chi connectivity index (χ3v) is 3.73. The number of ketones is 1. The summed E-state index contributed by atoms with van der Waals surface area (Å²) in [6.07, 6.45) is 2.45. The summed E-state index contributed by atoms with van der Waals surface area (Å²) in [5, 5.41) is 38.1. The Kier molecular flexibility index (Phi) is 5.85. The van der Waals surface area contributed by atoms with Crippen LogP contribution in [0.25, 0.3) is 6.08 Å². The number of hydrogen-bond donors (Lipinski definition) is 4. The number of ether oxygens (including phenoxy) is 1. The van der Waals surface area contributed by atoms with E-state index in [0.717, 1.165) is 0 Å². The van der Waals surface area contributed by atoms with Gasteiger partial charge in [-0.2, -0.15) is 0 Å². The highest BCUT2D eigenvalue weighted by molar-refractivity contribution is 6.10. The monoisotopic (exact) mass is 358 g/mol. The van der Waals surface area contributed by atoms with Crippen LogP contribution in [0.1, 0.15) is 27.9 Å². The average molecular weight is 358 g/mol. The van der Waals surface area contributed by atoms with Crippen LogP contribution >= 0.6 is 0 Å². The number of phenolic OH excluding ortho intramolecular Hbond substituents is 3. The van der Waals surface area contributed by atoms with Gasteiger partial charge in [-0.3, -0.25) is 9.59 Å². The molecule has 0 aliphatic rings. The van der Waals surface area contributed by atoms with E-state index >= 15 is 0 Å². The lowest BCUT2D eigenvalue weighted by atomic mass is 9.97. The average Bonchev–Trinajstić information content (AvgIpc) is 2.61. The van der Waals surface area contributed by atoms with Crippen LogP contribution < -0.4 is 4.74 Å². The maximum Gasteiger partial charge on any atom is 0.303 e. The van der Waals surface area contributed by atoms with Crippen LogP contribution in [0.5, 0.6) is 23.0 Å². The molecule has 0 spiro atoms. The number of carboxylic acid groups (broad SMARTS) is 1. The third kappa shape index (κ3) is 4.32. The third-order valence-electron chi connectivity index (χ3n) is 3.73. The zero-order valence-electron chi connectivity index (χ0n) is 14.0. The molecule has 0 unspecified atom stereocenters. The molecule has 0 saturated heterocycles. The predicted octanol–water partition coefficient (Wildman–Crippen LogP) is 2.73. The fourth-order valence-electron chi connectivity index (χ4n) is 2.40. The Morgan fingerprint density at radius 3 is 2.42 bits per heavy atom. The van der Waals surface area contributed by atoms with Crippen molar-refractivity contribution in [2.45, 2.75) is 12.8 Å². The maximum atomic E-state index is 12.5. The number of carboxylic acids is 1. The molecule has 0 amide bonds. The van der Waals surface area contributed by atoms with Gasteiger partial charge in [-0.05, 0) is 41.8 Å². The van der Waals surface area contributed by atoms with E-state index in [2.05, 4.69) is 0 Å². The Balaban J connectivity index is 2.33. The highest BCUT2D eigenvalue weighted by atomic mass is 16.5. The maximum absolute atomic E-state index is 12.5. The van der Waals surface area contributed by atoms with E-state index in [1.807, 2.05) is 0 Å². The largest absolute Gasteiger partial charge is 0.504 e. The smallest absolute Gasteiger partial charge is 0.303 e. The first-order chi connectivity index (χ1) is 12.3. The second-order valence-electron chi connectivity index (χ2n) is 5.49. The van der Waals surface area contributed by atoms with Crippen molar-refractivity contribution in [3.8, 4) is 23.0 Å². The summed E-state index contributed by atoms with van der Waals surface area (Å²) in [6.45, 7) is 0. The Hall–Kier alpha value is -3.48. The number of aryl methyl sites for hydroxylation is 1. The number of hydrogen-bond acceptors (Lipinski definition) is 6. The topological polar surface area (TPSA) is 124 Å². The first kappa shape index (κ1) is 18.9. The first-order valence-electron chi connectivity index (χ1n) is 7.68. The summed E-state index contributed by atoms with van der Waals surface area (Å²) in [4.78, 5) is 23.3. The molecular formula is C19H18O7. The molecule has 0 aromatic heterocycles. The van der Waals surface area contributed by atoms with Gasteiger partial charge >= 0.3 is 5.97 Å². The number of aromatic hydroxyl groups is 3. The Labute approximate surface area is 149 Å². The summed E-state index contributed by atoms with van der Waals surface area (Å²) in [5.74, 6) is -2.49. The van der Waals surface area contributed by atoms with E-state index in [1.54, 1.807) is 6.07 Å². The minimum atomic E-state index is -1.04. The molecule has 0 aliphatic heterocycles. The summed E-state index contributed by atoms with van der Waals surface area (Å²) < 4.78 is 4.99. The molecule has 0 saturated carbocycles.